The summed E-state index contributed by atoms with van der Waals surface area (Å²) in [4.78, 5) is 27.7. The van der Waals surface area contributed by atoms with Crippen molar-refractivity contribution >= 4 is 35.1 Å². The van der Waals surface area contributed by atoms with Gasteiger partial charge in [-0.3, -0.25) is 4.79 Å². The highest BCUT2D eigenvalue weighted by molar-refractivity contribution is 6.30. The van der Waals surface area contributed by atoms with Gasteiger partial charge in [-0.05, 0) is 61.1 Å². The molecule has 0 bridgehead atoms. The second kappa shape index (κ2) is 8.96. The molecule has 3 atom stereocenters. The van der Waals surface area contributed by atoms with E-state index in [2.05, 4.69) is 0 Å². The van der Waals surface area contributed by atoms with Gasteiger partial charge in [-0.15, -0.1) is 0 Å². The predicted molar refractivity (Wildman–Crippen MR) is 114 cm³/mol. The van der Waals surface area contributed by atoms with Gasteiger partial charge in [-0.2, -0.15) is 0 Å². The molecule has 0 spiro atoms. The van der Waals surface area contributed by atoms with E-state index in [1.165, 1.54) is 0 Å². The quantitative estimate of drug-likeness (QED) is 0.586. The normalized spacial score (nSPS) is 22.6. The average molecular weight is 448 g/mol. The van der Waals surface area contributed by atoms with Crippen LogP contribution in [-0.4, -0.2) is 36.0 Å². The standard InChI is InChI=1S/C23H23Cl2NO4/c1-2-29-23(28)21(15-6-7-15)26-19(27)13-30-22(16-4-3-5-18(25)12-16)20(26)14-8-10-17(24)11-9-14/h3-5,8-12,15,20-22H,2,6-7,13H2,1H3/t20-,21?,22+/m0/s1. The molecule has 1 amide bonds. The molecule has 2 aromatic rings. The number of carbonyl (C=O) groups is 2. The maximum Gasteiger partial charge on any atom is 0.329 e. The van der Waals surface area contributed by atoms with Crippen molar-refractivity contribution in [2.45, 2.75) is 38.0 Å². The molecule has 158 valence electrons. The molecule has 1 unspecified atom stereocenters. The number of ether oxygens (including phenoxy) is 2. The summed E-state index contributed by atoms with van der Waals surface area (Å²) in [7, 11) is 0. The molecule has 0 N–H and O–H groups in total. The molecule has 5 nitrogen and oxygen atoms in total. The molecule has 1 saturated heterocycles. The van der Waals surface area contributed by atoms with Crippen molar-refractivity contribution in [1.82, 2.24) is 4.90 Å². The van der Waals surface area contributed by atoms with Crippen LogP contribution < -0.4 is 0 Å². The van der Waals surface area contributed by atoms with Gasteiger partial charge in [-0.25, -0.2) is 4.79 Å². The number of benzene rings is 2. The summed E-state index contributed by atoms with van der Waals surface area (Å²) in [6.45, 7) is 1.93. The highest BCUT2D eigenvalue weighted by Crippen LogP contribution is 2.46. The maximum atomic E-state index is 13.1. The highest BCUT2D eigenvalue weighted by Gasteiger charge is 2.50. The molecule has 0 radical (unpaired) electrons. The van der Waals surface area contributed by atoms with E-state index < -0.39 is 18.2 Å². The Labute approximate surface area is 185 Å². The molecular formula is C23H23Cl2NO4. The van der Waals surface area contributed by atoms with Crippen LogP contribution in [0, 0.1) is 5.92 Å². The van der Waals surface area contributed by atoms with Gasteiger partial charge in [0.05, 0.1) is 12.6 Å². The zero-order chi connectivity index (χ0) is 21.3. The molecule has 30 heavy (non-hydrogen) atoms. The van der Waals surface area contributed by atoms with Crippen LogP contribution in [0.1, 0.15) is 43.0 Å². The van der Waals surface area contributed by atoms with Crippen LogP contribution in [-0.2, 0) is 19.1 Å². The summed E-state index contributed by atoms with van der Waals surface area (Å²) >= 11 is 12.3. The second-order valence-corrected chi connectivity index (χ2v) is 8.49. The lowest BCUT2D eigenvalue weighted by molar-refractivity contribution is -0.174. The lowest BCUT2D eigenvalue weighted by atomic mass is 9.90. The topological polar surface area (TPSA) is 55.8 Å². The van der Waals surface area contributed by atoms with Crippen LogP contribution in [0.3, 0.4) is 0 Å². The molecular weight excluding hydrogens is 425 g/mol. The van der Waals surface area contributed by atoms with Crippen LogP contribution in [0.4, 0.5) is 0 Å². The first-order valence-corrected chi connectivity index (χ1v) is 10.9. The zero-order valence-corrected chi connectivity index (χ0v) is 18.1. The van der Waals surface area contributed by atoms with Crippen molar-refractivity contribution in [3.8, 4) is 0 Å². The number of rotatable bonds is 6. The Bertz CT molecular complexity index is 929. The van der Waals surface area contributed by atoms with Crippen molar-refractivity contribution in [2.75, 3.05) is 13.2 Å². The molecule has 1 aliphatic carbocycles. The van der Waals surface area contributed by atoms with E-state index >= 15 is 0 Å². The van der Waals surface area contributed by atoms with Crippen molar-refractivity contribution in [3.63, 3.8) is 0 Å². The minimum absolute atomic E-state index is 0.0981. The first kappa shape index (κ1) is 21.2. The van der Waals surface area contributed by atoms with Crippen molar-refractivity contribution in [1.29, 1.82) is 0 Å². The minimum atomic E-state index is -0.635. The third-order valence-corrected chi connectivity index (χ3v) is 6.03. The Kier molecular flexibility index (Phi) is 6.32. The van der Waals surface area contributed by atoms with E-state index in [1.54, 1.807) is 30.0 Å². The molecule has 1 heterocycles. The Morgan fingerprint density at radius 3 is 2.50 bits per heavy atom. The second-order valence-electron chi connectivity index (χ2n) is 7.62. The van der Waals surface area contributed by atoms with E-state index in [-0.39, 0.29) is 31.0 Å². The van der Waals surface area contributed by atoms with E-state index in [1.807, 2.05) is 30.3 Å². The maximum absolute atomic E-state index is 13.1. The number of halogens is 2. The average Bonchev–Trinajstić information content (AvgIpc) is 3.55. The third kappa shape index (κ3) is 4.34. The van der Waals surface area contributed by atoms with E-state index in [0.29, 0.717) is 10.0 Å². The Morgan fingerprint density at radius 2 is 1.87 bits per heavy atom. The summed E-state index contributed by atoms with van der Waals surface area (Å²) in [5.41, 5.74) is 1.69. The molecule has 1 saturated carbocycles. The number of carbonyl (C=O) groups excluding carboxylic acids is 2. The van der Waals surface area contributed by atoms with Gasteiger partial charge in [0.1, 0.15) is 18.8 Å². The molecule has 7 heteroatoms. The SMILES string of the molecule is CCOC(=O)C(C1CC1)N1C(=O)CO[C@H](c2cccc(Cl)c2)[C@@H]1c1ccc(Cl)cc1. The van der Waals surface area contributed by atoms with Crippen molar-refractivity contribution in [3.05, 3.63) is 69.7 Å². The van der Waals surface area contributed by atoms with Gasteiger partial charge in [0, 0.05) is 10.0 Å². The summed E-state index contributed by atoms with van der Waals surface area (Å²) in [5.74, 6) is -0.488. The zero-order valence-electron chi connectivity index (χ0n) is 16.6. The molecule has 1 aliphatic heterocycles. The van der Waals surface area contributed by atoms with Crippen LogP contribution in [0.2, 0.25) is 10.0 Å². The number of hydrogen-bond donors (Lipinski definition) is 0. The fraction of sp³-hybridized carbons (Fsp3) is 0.391. The van der Waals surface area contributed by atoms with Gasteiger partial charge in [-0.1, -0.05) is 47.5 Å². The number of nitrogens with zero attached hydrogens (tertiary/aromatic N) is 1. The van der Waals surface area contributed by atoms with E-state index in [9.17, 15) is 9.59 Å². The highest BCUT2D eigenvalue weighted by atomic mass is 35.5. The molecule has 2 aromatic carbocycles. The van der Waals surface area contributed by atoms with E-state index in [4.69, 9.17) is 32.7 Å². The molecule has 4 rings (SSSR count). The summed E-state index contributed by atoms with van der Waals surface area (Å²) in [5, 5.41) is 1.18. The van der Waals surface area contributed by atoms with Gasteiger partial charge in [0.25, 0.3) is 0 Å². The van der Waals surface area contributed by atoms with E-state index in [0.717, 1.165) is 24.0 Å². The van der Waals surface area contributed by atoms with Gasteiger partial charge in [0.2, 0.25) is 5.91 Å². The van der Waals surface area contributed by atoms with Gasteiger partial charge in [0.15, 0.2) is 0 Å². The lowest BCUT2D eigenvalue weighted by Gasteiger charge is -2.44. The number of hydrogen-bond acceptors (Lipinski definition) is 4. The molecule has 2 fully saturated rings. The monoisotopic (exact) mass is 447 g/mol. The number of amides is 1. The first-order chi connectivity index (χ1) is 14.5. The van der Waals surface area contributed by atoms with Crippen LogP contribution in [0.15, 0.2) is 48.5 Å². The number of esters is 1. The van der Waals surface area contributed by atoms with Gasteiger partial charge >= 0.3 is 5.97 Å². The fourth-order valence-corrected chi connectivity index (χ4v) is 4.41. The predicted octanol–water partition coefficient (Wildman–Crippen LogP) is 4.98. The minimum Gasteiger partial charge on any atom is -0.464 e. The largest absolute Gasteiger partial charge is 0.464 e. The fourth-order valence-electron chi connectivity index (χ4n) is 4.09. The molecule has 0 aromatic heterocycles. The van der Waals surface area contributed by atoms with Crippen LogP contribution >= 0.6 is 23.2 Å². The van der Waals surface area contributed by atoms with Crippen molar-refractivity contribution < 1.29 is 19.1 Å². The lowest BCUT2D eigenvalue weighted by Crippen LogP contribution is -2.54. The van der Waals surface area contributed by atoms with Crippen LogP contribution in [0.5, 0.6) is 0 Å². The smallest absolute Gasteiger partial charge is 0.329 e. The van der Waals surface area contributed by atoms with Crippen LogP contribution in [0.25, 0.3) is 0 Å². The Morgan fingerprint density at radius 1 is 1.13 bits per heavy atom. The van der Waals surface area contributed by atoms with Crippen molar-refractivity contribution in [2.24, 2.45) is 5.92 Å². The van der Waals surface area contributed by atoms with Gasteiger partial charge < -0.3 is 14.4 Å². The summed E-state index contributed by atoms with van der Waals surface area (Å²) < 4.78 is 11.4. The molecule has 2 aliphatic rings. The summed E-state index contributed by atoms with van der Waals surface area (Å²) in [6.07, 6.45) is 1.31. The first-order valence-electron chi connectivity index (χ1n) is 10.1. The third-order valence-electron chi connectivity index (χ3n) is 5.55. The Balaban J connectivity index is 1.81. The Hall–Kier alpha value is -2.08. The number of morpholine rings is 1. The summed E-state index contributed by atoms with van der Waals surface area (Å²) in [6, 6.07) is 13.6.